The van der Waals surface area contributed by atoms with Gasteiger partial charge in [-0.1, -0.05) is 65.0 Å². The molecule has 1 nitrogen and oxygen atoms in total. The van der Waals surface area contributed by atoms with Gasteiger partial charge >= 0.3 is 0 Å². The highest BCUT2D eigenvalue weighted by Gasteiger charge is 2.11. The first-order valence-corrected chi connectivity index (χ1v) is 8.59. The zero-order valence-electron chi connectivity index (χ0n) is 14.0. The summed E-state index contributed by atoms with van der Waals surface area (Å²) < 4.78 is 13.3. The molecule has 21 heavy (non-hydrogen) atoms. The molecule has 0 radical (unpaired) electrons. The molecule has 0 aliphatic carbocycles. The molecule has 120 valence electrons. The van der Waals surface area contributed by atoms with Crippen molar-refractivity contribution in [2.75, 3.05) is 6.54 Å². The molecular formula is C19H32FN. The summed E-state index contributed by atoms with van der Waals surface area (Å²) in [6.07, 6.45) is 8.82. The second-order valence-corrected chi connectivity index (χ2v) is 6.47. The standard InChI is InChI=1S/C19H32FN/c1-4-5-6-7-8-10-18(15-21-16(2)3)13-17-11-9-12-19(20)14-17/h9,11-12,14,16,18,21H,4-8,10,13,15H2,1-3H3. The van der Waals surface area contributed by atoms with Gasteiger partial charge in [-0.15, -0.1) is 0 Å². The summed E-state index contributed by atoms with van der Waals surface area (Å²) in [5.41, 5.74) is 1.12. The van der Waals surface area contributed by atoms with Crippen LogP contribution in [0.2, 0.25) is 0 Å². The predicted molar refractivity (Wildman–Crippen MR) is 90.1 cm³/mol. The highest BCUT2D eigenvalue weighted by Crippen LogP contribution is 2.17. The Hall–Kier alpha value is -0.890. The molecule has 0 aliphatic heterocycles. The molecule has 0 heterocycles. The normalized spacial score (nSPS) is 12.8. The van der Waals surface area contributed by atoms with Gasteiger partial charge in [-0.2, -0.15) is 0 Å². The van der Waals surface area contributed by atoms with Crippen LogP contribution in [0.25, 0.3) is 0 Å². The maximum absolute atomic E-state index is 13.3. The van der Waals surface area contributed by atoms with E-state index in [1.807, 2.05) is 12.1 Å². The zero-order chi connectivity index (χ0) is 15.5. The van der Waals surface area contributed by atoms with Crippen LogP contribution in [0.3, 0.4) is 0 Å². The van der Waals surface area contributed by atoms with Crippen LogP contribution in [0.15, 0.2) is 24.3 Å². The molecule has 0 aliphatic rings. The van der Waals surface area contributed by atoms with Crippen LogP contribution < -0.4 is 5.32 Å². The van der Waals surface area contributed by atoms with E-state index in [0.717, 1.165) is 18.5 Å². The van der Waals surface area contributed by atoms with E-state index in [-0.39, 0.29) is 5.82 Å². The smallest absolute Gasteiger partial charge is 0.123 e. The Labute approximate surface area is 130 Å². The maximum atomic E-state index is 13.3. The van der Waals surface area contributed by atoms with E-state index in [1.54, 1.807) is 6.07 Å². The lowest BCUT2D eigenvalue weighted by molar-refractivity contribution is 0.403. The number of unbranched alkanes of at least 4 members (excludes halogenated alkanes) is 4. The van der Waals surface area contributed by atoms with E-state index in [0.29, 0.717) is 12.0 Å². The molecule has 1 unspecified atom stereocenters. The van der Waals surface area contributed by atoms with Crippen molar-refractivity contribution in [3.8, 4) is 0 Å². The summed E-state index contributed by atoms with van der Waals surface area (Å²) >= 11 is 0. The van der Waals surface area contributed by atoms with E-state index in [2.05, 4.69) is 26.1 Å². The first-order valence-electron chi connectivity index (χ1n) is 8.59. The van der Waals surface area contributed by atoms with Crippen molar-refractivity contribution in [3.05, 3.63) is 35.6 Å². The molecule has 0 saturated carbocycles. The van der Waals surface area contributed by atoms with Gasteiger partial charge in [0.2, 0.25) is 0 Å². The molecule has 1 aromatic rings. The van der Waals surface area contributed by atoms with Gasteiger partial charge in [0.15, 0.2) is 0 Å². The average Bonchev–Trinajstić information content (AvgIpc) is 2.44. The molecule has 0 fully saturated rings. The van der Waals surface area contributed by atoms with E-state index < -0.39 is 0 Å². The largest absolute Gasteiger partial charge is 0.314 e. The third kappa shape index (κ3) is 8.87. The monoisotopic (exact) mass is 293 g/mol. The van der Waals surface area contributed by atoms with E-state index >= 15 is 0 Å². The Bertz CT molecular complexity index is 376. The molecule has 1 atom stereocenters. The van der Waals surface area contributed by atoms with E-state index in [9.17, 15) is 4.39 Å². The number of rotatable bonds is 11. The molecule has 1 aromatic carbocycles. The van der Waals surface area contributed by atoms with E-state index in [4.69, 9.17) is 0 Å². The Balaban J connectivity index is 2.43. The third-order valence-electron chi connectivity index (χ3n) is 3.94. The predicted octanol–water partition coefficient (Wildman–Crippen LogP) is 5.34. The molecular weight excluding hydrogens is 261 g/mol. The van der Waals surface area contributed by atoms with E-state index in [1.165, 1.54) is 44.6 Å². The second-order valence-electron chi connectivity index (χ2n) is 6.47. The zero-order valence-corrected chi connectivity index (χ0v) is 14.0. The molecule has 0 spiro atoms. The first kappa shape index (κ1) is 18.2. The summed E-state index contributed by atoms with van der Waals surface area (Å²) in [6.45, 7) is 7.64. The fraction of sp³-hybridized carbons (Fsp3) is 0.684. The average molecular weight is 293 g/mol. The van der Waals surface area contributed by atoms with Gasteiger partial charge in [0.25, 0.3) is 0 Å². The summed E-state index contributed by atoms with van der Waals surface area (Å²) in [6, 6.07) is 7.58. The summed E-state index contributed by atoms with van der Waals surface area (Å²) in [5.74, 6) is 0.488. The van der Waals surface area contributed by atoms with Crippen LogP contribution in [0.4, 0.5) is 4.39 Å². The highest BCUT2D eigenvalue weighted by molar-refractivity contribution is 5.16. The maximum Gasteiger partial charge on any atom is 0.123 e. The van der Waals surface area contributed by atoms with Crippen LogP contribution >= 0.6 is 0 Å². The van der Waals surface area contributed by atoms with Crippen LogP contribution in [0.5, 0.6) is 0 Å². The number of hydrogen-bond acceptors (Lipinski definition) is 1. The van der Waals surface area contributed by atoms with Crippen molar-refractivity contribution >= 4 is 0 Å². The number of benzene rings is 1. The van der Waals surface area contributed by atoms with Crippen molar-refractivity contribution in [1.29, 1.82) is 0 Å². The van der Waals surface area contributed by atoms with Gasteiger partial charge in [-0.05, 0) is 43.0 Å². The van der Waals surface area contributed by atoms with Crippen molar-refractivity contribution in [3.63, 3.8) is 0 Å². The Morgan fingerprint density at radius 3 is 2.52 bits per heavy atom. The Morgan fingerprint density at radius 1 is 1.10 bits per heavy atom. The van der Waals surface area contributed by atoms with Crippen molar-refractivity contribution in [2.24, 2.45) is 5.92 Å². The van der Waals surface area contributed by atoms with Crippen molar-refractivity contribution < 1.29 is 4.39 Å². The molecule has 0 aromatic heterocycles. The lowest BCUT2D eigenvalue weighted by Gasteiger charge is -2.19. The molecule has 1 rings (SSSR count). The molecule has 2 heteroatoms. The van der Waals surface area contributed by atoms with Gasteiger partial charge in [0.1, 0.15) is 5.82 Å². The Kier molecular flexibility index (Phi) is 9.32. The topological polar surface area (TPSA) is 12.0 Å². The number of nitrogens with one attached hydrogen (secondary N) is 1. The Morgan fingerprint density at radius 2 is 1.86 bits per heavy atom. The molecule has 0 amide bonds. The summed E-state index contributed by atoms with van der Waals surface area (Å²) in [5, 5.41) is 3.54. The van der Waals surface area contributed by atoms with Crippen LogP contribution in [-0.4, -0.2) is 12.6 Å². The van der Waals surface area contributed by atoms with Gasteiger partial charge in [0.05, 0.1) is 0 Å². The minimum Gasteiger partial charge on any atom is -0.314 e. The summed E-state index contributed by atoms with van der Waals surface area (Å²) in [4.78, 5) is 0. The number of halogens is 1. The fourth-order valence-corrected chi connectivity index (χ4v) is 2.71. The second kappa shape index (κ2) is 10.8. The SMILES string of the molecule is CCCCCCCC(CNC(C)C)Cc1cccc(F)c1. The quantitative estimate of drug-likeness (QED) is 0.543. The lowest BCUT2D eigenvalue weighted by Crippen LogP contribution is -2.30. The van der Waals surface area contributed by atoms with Gasteiger partial charge < -0.3 is 5.32 Å². The fourth-order valence-electron chi connectivity index (χ4n) is 2.71. The first-order chi connectivity index (χ1) is 10.1. The molecule has 0 saturated heterocycles. The number of hydrogen-bond donors (Lipinski definition) is 1. The highest BCUT2D eigenvalue weighted by atomic mass is 19.1. The van der Waals surface area contributed by atoms with Crippen LogP contribution in [-0.2, 0) is 6.42 Å². The van der Waals surface area contributed by atoms with Gasteiger partial charge in [-0.3, -0.25) is 0 Å². The molecule has 0 bridgehead atoms. The van der Waals surface area contributed by atoms with Crippen LogP contribution in [0.1, 0.15) is 64.9 Å². The van der Waals surface area contributed by atoms with Crippen molar-refractivity contribution in [2.45, 2.75) is 71.8 Å². The van der Waals surface area contributed by atoms with Crippen LogP contribution in [0, 0.1) is 11.7 Å². The lowest BCUT2D eigenvalue weighted by atomic mass is 9.93. The molecule has 1 N–H and O–H groups in total. The summed E-state index contributed by atoms with van der Waals surface area (Å²) in [7, 11) is 0. The third-order valence-corrected chi connectivity index (χ3v) is 3.94. The van der Waals surface area contributed by atoms with Gasteiger partial charge in [0, 0.05) is 6.04 Å². The van der Waals surface area contributed by atoms with Crippen molar-refractivity contribution in [1.82, 2.24) is 5.32 Å². The van der Waals surface area contributed by atoms with Gasteiger partial charge in [-0.25, -0.2) is 4.39 Å². The minimum atomic E-state index is -0.119. The minimum absolute atomic E-state index is 0.119.